The van der Waals surface area contributed by atoms with E-state index in [0.29, 0.717) is 11.5 Å². The predicted octanol–water partition coefficient (Wildman–Crippen LogP) is 7.58. The summed E-state index contributed by atoms with van der Waals surface area (Å²) in [5, 5.41) is 0.997. The summed E-state index contributed by atoms with van der Waals surface area (Å²) >= 11 is 0. The van der Waals surface area contributed by atoms with Crippen molar-refractivity contribution in [2.45, 2.75) is 83.5 Å². The molecule has 0 spiro atoms. The third kappa shape index (κ3) is 6.16. The molecule has 0 amide bonds. The number of benzene rings is 2. The number of aryl methyl sites for hydroxylation is 1. The van der Waals surface area contributed by atoms with E-state index in [4.69, 9.17) is 9.15 Å². The summed E-state index contributed by atoms with van der Waals surface area (Å²) in [6, 6.07) is 17.5. The molecule has 2 atom stereocenters. The predicted molar refractivity (Wildman–Crippen MR) is 136 cm³/mol. The van der Waals surface area contributed by atoms with E-state index >= 15 is 0 Å². The molecule has 1 aliphatic rings. The van der Waals surface area contributed by atoms with Gasteiger partial charge in [0.05, 0.1) is 5.92 Å². The van der Waals surface area contributed by atoms with Crippen LogP contribution in [0.2, 0.25) is 0 Å². The Kier molecular flexibility index (Phi) is 8.56. The highest BCUT2D eigenvalue weighted by atomic mass is 16.5. The van der Waals surface area contributed by atoms with Gasteiger partial charge in [-0.15, -0.1) is 0 Å². The van der Waals surface area contributed by atoms with Crippen LogP contribution in [-0.4, -0.2) is 5.97 Å². The molecule has 0 bridgehead atoms. The number of carbonyl (C=O) groups is 1. The van der Waals surface area contributed by atoms with E-state index in [-0.39, 0.29) is 17.5 Å². The third-order valence-corrected chi connectivity index (χ3v) is 7.11. The van der Waals surface area contributed by atoms with E-state index in [1.165, 1.54) is 32.1 Å². The van der Waals surface area contributed by atoms with Gasteiger partial charge in [0.2, 0.25) is 0 Å². The molecule has 4 nitrogen and oxygen atoms in total. The van der Waals surface area contributed by atoms with Crippen LogP contribution in [0.3, 0.4) is 0 Å². The average molecular weight is 461 g/mol. The van der Waals surface area contributed by atoms with Gasteiger partial charge in [-0.05, 0) is 43.4 Å². The number of fused-ring (bicyclic) bond motifs is 2. The molecule has 4 rings (SSSR count). The SMILES string of the molecule is CCCC(CCCCCCC1C(=O)Oc2ccccc21)CCCc1cc2ccccc2oc1=O. The fourth-order valence-corrected chi connectivity index (χ4v) is 5.28. The highest BCUT2D eigenvalue weighted by molar-refractivity contribution is 5.85. The van der Waals surface area contributed by atoms with Crippen molar-refractivity contribution in [1.29, 1.82) is 0 Å². The van der Waals surface area contributed by atoms with Crippen molar-refractivity contribution >= 4 is 16.9 Å². The zero-order valence-corrected chi connectivity index (χ0v) is 20.3. The first kappa shape index (κ1) is 24.3. The molecule has 0 saturated heterocycles. The van der Waals surface area contributed by atoms with Gasteiger partial charge in [-0.3, -0.25) is 4.79 Å². The summed E-state index contributed by atoms with van der Waals surface area (Å²) in [6.45, 7) is 2.25. The standard InChI is InChI=1S/C30H36O4/c1-2-12-22(14-11-16-24-21-23-15-7-9-19-27(23)33-29(24)31)13-5-3-4-6-18-26-25-17-8-10-20-28(25)34-30(26)32/h7-10,15,17,19-22,26H,2-6,11-14,16,18H2,1H3. The number of esters is 1. The second-order valence-electron chi connectivity index (χ2n) is 9.65. The largest absolute Gasteiger partial charge is 0.426 e. The van der Waals surface area contributed by atoms with Gasteiger partial charge in [0.25, 0.3) is 0 Å². The fraction of sp³-hybridized carbons (Fsp3) is 0.467. The third-order valence-electron chi connectivity index (χ3n) is 7.11. The summed E-state index contributed by atoms with van der Waals surface area (Å²) in [7, 11) is 0. The lowest BCUT2D eigenvalue weighted by Gasteiger charge is -2.16. The van der Waals surface area contributed by atoms with Gasteiger partial charge < -0.3 is 9.15 Å². The summed E-state index contributed by atoms with van der Waals surface area (Å²) in [4.78, 5) is 24.4. The Morgan fingerprint density at radius 3 is 2.50 bits per heavy atom. The molecule has 2 heterocycles. The number of carbonyl (C=O) groups excluding carboxylic acids is 1. The number of para-hydroxylation sites is 2. The maximum absolute atomic E-state index is 12.3. The van der Waals surface area contributed by atoms with Crippen LogP contribution in [0.15, 0.2) is 63.8 Å². The van der Waals surface area contributed by atoms with Crippen molar-refractivity contribution in [3.8, 4) is 5.75 Å². The van der Waals surface area contributed by atoms with Gasteiger partial charge in [-0.1, -0.05) is 94.7 Å². The second kappa shape index (κ2) is 12.0. The number of rotatable bonds is 13. The molecule has 34 heavy (non-hydrogen) atoms. The number of unbranched alkanes of at least 4 members (excludes halogenated alkanes) is 3. The lowest BCUT2D eigenvalue weighted by molar-refractivity contribution is -0.134. The van der Waals surface area contributed by atoms with Crippen LogP contribution < -0.4 is 10.4 Å². The number of hydrogen-bond acceptors (Lipinski definition) is 4. The zero-order chi connectivity index (χ0) is 23.8. The van der Waals surface area contributed by atoms with Gasteiger partial charge in [0.15, 0.2) is 0 Å². The molecule has 3 aromatic rings. The molecule has 0 N–H and O–H groups in total. The summed E-state index contributed by atoms with van der Waals surface area (Å²) in [5.41, 5.74) is 2.31. The smallest absolute Gasteiger partial charge is 0.339 e. The van der Waals surface area contributed by atoms with E-state index in [1.54, 1.807) is 0 Å². The first-order chi connectivity index (χ1) is 16.7. The molecule has 1 aromatic heterocycles. The van der Waals surface area contributed by atoms with Crippen molar-refractivity contribution in [2.75, 3.05) is 0 Å². The number of hydrogen-bond donors (Lipinski definition) is 0. The first-order valence-corrected chi connectivity index (χ1v) is 13.0. The molecule has 1 aliphatic heterocycles. The van der Waals surface area contributed by atoms with Gasteiger partial charge >= 0.3 is 11.6 Å². The van der Waals surface area contributed by atoms with Crippen molar-refractivity contribution in [3.63, 3.8) is 0 Å². The van der Waals surface area contributed by atoms with Crippen LogP contribution in [0.5, 0.6) is 5.75 Å². The van der Waals surface area contributed by atoms with Crippen molar-refractivity contribution in [2.24, 2.45) is 5.92 Å². The molecule has 0 radical (unpaired) electrons. The average Bonchev–Trinajstić information content (AvgIpc) is 3.16. The Hall–Kier alpha value is -2.88. The minimum absolute atomic E-state index is 0.0863. The Labute approximate surface area is 202 Å². The van der Waals surface area contributed by atoms with Crippen LogP contribution in [0.25, 0.3) is 11.0 Å². The molecule has 2 aromatic carbocycles. The maximum Gasteiger partial charge on any atom is 0.339 e. The zero-order valence-electron chi connectivity index (χ0n) is 20.3. The molecule has 4 heteroatoms. The van der Waals surface area contributed by atoms with E-state index in [2.05, 4.69) is 6.92 Å². The van der Waals surface area contributed by atoms with Gasteiger partial charge in [-0.25, -0.2) is 4.79 Å². The molecule has 180 valence electrons. The molecular formula is C30H36O4. The minimum Gasteiger partial charge on any atom is -0.426 e. The Bertz CT molecular complexity index is 1150. The minimum atomic E-state index is -0.195. The van der Waals surface area contributed by atoms with Crippen molar-refractivity contribution in [1.82, 2.24) is 0 Å². The molecule has 0 fully saturated rings. The Balaban J connectivity index is 1.16. The lowest BCUT2D eigenvalue weighted by atomic mass is 9.90. The highest BCUT2D eigenvalue weighted by Crippen LogP contribution is 2.37. The van der Waals surface area contributed by atoms with Crippen molar-refractivity contribution in [3.05, 3.63) is 76.1 Å². The Morgan fingerprint density at radius 2 is 1.62 bits per heavy atom. The highest BCUT2D eigenvalue weighted by Gasteiger charge is 2.31. The van der Waals surface area contributed by atoms with Crippen LogP contribution in [0.1, 0.15) is 88.2 Å². The molecule has 2 unspecified atom stereocenters. The van der Waals surface area contributed by atoms with E-state index in [9.17, 15) is 9.59 Å². The monoisotopic (exact) mass is 460 g/mol. The number of ether oxygens (including phenoxy) is 1. The van der Waals surface area contributed by atoms with Crippen molar-refractivity contribution < 1.29 is 13.9 Å². The fourth-order valence-electron chi connectivity index (χ4n) is 5.28. The normalized spacial score (nSPS) is 15.9. The quantitative estimate of drug-likeness (QED) is 0.114. The van der Waals surface area contributed by atoms with Crippen LogP contribution in [-0.2, 0) is 11.2 Å². The van der Waals surface area contributed by atoms with Crippen LogP contribution in [0, 0.1) is 5.92 Å². The van der Waals surface area contributed by atoms with Crippen LogP contribution in [0.4, 0.5) is 0 Å². The van der Waals surface area contributed by atoms with E-state index < -0.39 is 0 Å². The maximum atomic E-state index is 12.3. The lowest BCUT2D eigenvalue weighted by Crippen LogP contribution is -2.10. The van der Waals surface area contributed by atoms with Crippen LogP contribution >= 0.6 is 0 Å². The van der Waals surface area contributed by atoms with Gasteiger partial charge in [0, 0.05) is 16.5 Å². The summed E-state index contributed by atoms with van der Waals surface area (Å²) in [5.74, 6) is 1.28. The molecular weight excluding hydrogens is 424 g/mol. The molecule has 0 aliphatic carbocycles. The Morgan fingerprint density at radius 1 is 0.853 bits per heavy atom. The van der Waals surface area contributed by atoms with E-state index in [1.807, 2.05) is 54.6 Å². The second-order valence-corrected chi connectivity index (χ2v) is 9.65. The van der Waals surface area contributed by atoms with Gasteiger partial charge in [0.1, 0.15) is 11.3 Å². The van der Waals surface area contributed by atoms with E-state index in [0.717, 1.165) is 60.8 Å². The molecule has 0 saturated carbocycles. The topological polar surface area (TPSA) is 56.5 Å². The first-order valence-electron chi connectivity index (χ1n) is 13.0. The summed E-state index contributed by atoms with van der Waals surface area (Å²) in [6.07, 6.45) is 12.2. The van der Waals surface area contributed by atoms with Gasteiger partial charge in [-0.2, -0.15) is 0 Å². The summed E-state index contributed by atoms with van der Waals surface area (Å²) < 4.78 is 10.9.